The van der Waals surface area contributed by atoms with E-state index in [9.17, 15) is 9.59 Å². The molecule has 1 aromatic heterocycles. The average molecular weight is 303 g/mol. The number of fused-ring (bicyclic) bond motifs is 1. The smallest absolute Gasteiger partial charge is 0.415 e. The monoisotopic (exact) mass is 303 g/mol. The number of ether oxygens (including phenoxy) is 2. The molecule has 2 aliphatic rings. The summed E-state index contributed by atoms with van der Waals surface area (Å²) in [6.07, 6.45) is -0.180. The SMILES string of the molecule is [N-]=[N+]=NCCC1CN(c2ccc3c(n2)CC(=O)CO3)C(=O)O1. The zero-order valence-electron chi connectivity index (χ0n) is 11.6. The van der Waals surface area contributed by atoms with Gasteiger partial charge in [-0.1, -0.05) is 5.11 Å². The van der Waals surface area contributed by atoms with Crippen molar-refractivity contribution in [2.24, 2.45) is 5.11 Å². The zero-order valence-corrected chi connectivity index (χ0v) is 11.6. The fraction of sp³-hybridized carbons (Fsp3) is 0.462. The maximum atomic E-state index is 11.9. The molecule has 1 unspecified atom stereocenters. The van der Waals surface area contributed by atoms with Gasteiger partial charge in [-0.05, 0) is 24.1 Å². The Morgan fingerprint density at radius 1 is 1.45 bits per heavy atom. The lowest BCUT2D eigenvalue weighted by Crippen LogP contribution is -2.27. The lowest BCUT2D eigenvalue weighted by atomic mass is 10.1. The number of rotatable bonds is 4. The molecule has 3 rings (SSSR count). The van der Waals surface area contributed by atoms with Crippen LogP contribution >= 0.6 is 0 Å². The first-order chi connectivity index (χ1) is 10.7. The number of carbonyl (C=O) groups excluding carboxylic acids is 2. The van der Waals surface area contributed by atoms with Crippen LogP contribution in [0.3, 0.4) is 0 Å². The molecule has 114 valence electrons. The van der Waals surface area contributed by atoms with Crippen molar-refractivity contribution >= 4 is 17.7 Å². The Kier molecular flexibility index (Phi) is 3.80. The van der Waals surface area contributed by atoms with Crippen LogP contribution in [-0.2, 0) is 16.0 Å². The maximum absolute atomic E-state index is 11.9. The van der Waals surface area contributed by atoms with Gasteiger partial charge >= 0.3 is 6.09 Å². The van der Waals surface area contributed by atoms with Crippen LogP contribution in [0.25, 0.3) is 10.4 Å². The molecule has 0 aromatic carbocycles. The van der Waals surface area contributed by atoms with Crippen LogP contribution in [0.15, 0.2) is 17.2 Å². The topological polar surface area (TPSA) is 117 Å². The Hall–Kier alpha value is -2.80. The highest BCUT2D eigenvalue weighted by molar-refractivity contribution is 5.89. The second-order valence-electron chi connectivity index (χ2n) is 4.98. The van der Waals surface area contributed by atoms with Gasteiger partial charge in [0, 0.05) is 11.5 Å². The van der Waals surface area contributed by atoms with E-state index >= 15 is 0 Å². The van der Waals surface area contributed by atoms with E-state index in [2.05, 4.69) is 15.0 Å². The van der Waals surface area contributed by atoms with Crippen LogP contribution in [0.5, 0.6) is 5.75 Å². The van der Waals surface area contributed by atoms with Gasteiger partial charge in [-0.25, -0.2) is 9.78 Å². The number of hydrogen-bond donors (Lipinski definition) is 0. The fourth-order valence-electron chi connectivity index (χ4n) is 2.39. The molecular weight excluding hydrogens is 290 g/mol. The Morgan fingerprint density at radius 2 is 2.32 bits per heavy atom. The van der Waals surface area contributed by atoms with Crippen LogP contribution in [0, 0.1) is 0 Å². The van der Waals surface area contributed by atoms with Crippen molar-refractivity contribution in [1.82, 2.24) is 4.98 Å². The number of carbonyl (C=O) groups is 2. The van der Waals surface area contributed by atoms with Crippen molar-refractivity contribution in [3.8, 4) is 5.75 Å². The van der Waals surface area contributed by atoms with Gasteiger partial charge in [-0.15, -0.1) is 0 Å². The lowest BCUT2D eigenvalue weighted by Gasteiger charge is -2.18. The van der Waals surface area contributed by atoms with Gasteiger partial charge in [-0.3, -0.25) is 9.69 Å². The number of ketones is 1. The van der Waals surface area contributed by atoms with E-state index in [4.69, 9.17) is 15.0 Å². The Morgan fingerprint density at radius 3 is 3.14 bits per heavy atom. The minimum Gasteiger partial charge on any atom is -0.484 e. The van der Waals surface area contributed by atoms with Gasteiger partial charge in [0.05, 0.1) is 18.7 Å². The summed E-state index contributed by atoms with van der Waals surface area (Å²) in [5.41, 5.74) is 8.77. The van der Waals surface area contributed by atoms with Crippen LogP contribution in [0.1, 0.15) is 12.1 Å². The third-order valence-electron chi connectivity index (χ3n) is 3.44. The van der Waals surface area contributed by atoms with Gasteiger partial charge < -0.3 is 9.47 Å². The number of Topliss-reactive ketones (excluding diaryl/α,β-unsaturated/α-hetero) is 1. The molecule has 0 aliphatic carbocycles. The quantitative estimate of drug-likeness (QED) is 0.475. The normalized spacial score (nSPS) is 20.0. The Labute approximate surface area is 125 Å². The largest absolute Gasteiger partial charge is 0.484 e. The van der Waals surface area contributed by atoms with E-state index in [0.717, 1.165) is 0 Å². The predicted molar refractivity (Wildman–Crippen MR) is 74.7 cm³/mol. The summed E-state index contributed by atoms with van der Waals surface area (Å²) in [6.45, 7) is 0.657. The summed E-state index contributed by atoms with van der Waals surface area (Å²) in [4.78, 5) is 31.7. The van der Waals surface area contributed by atoms with Gasteiger partial charge in [-0.2, -0.15) is 0 Å². The average Bonchev–Trinajstić information content (AvgIpc) is 2.87. The highest BCUT2D eigenvalue weighted by Crippen LogP contribution is 2.27. The van der Waals surface area contributed by atoms with Crippen LogP contribution in [0.2, 0.25) is 0 Å². The first-order valence-electron chi connectivity index (χ1n) is 6.81. The van der Waals surface area contributed by atoms with Crippen molar-refractivity contribution in [3.05, 3.63) is 28.3 Å². The summed E-state index contributed by atoms with van der Waals surface area (Å²) >= 11 is 0. The van der Waals surface area contributed by atoms with Crippen LogP contribution in [-0.4, -0.2) is 42.7 Å². The molecule has 1 amide bonds. The number of amides is 1. The van der Waals surface area contributed by atoms with Crippen LogP contribution < -0.4 is 9.64 Å². The molecule has 3 heterocycles. The van der Waals surface area contributed by atoms with Gasteiger partial charge in [0.25, 0.3) is 0 Å². The Bertz CT molecular complexity index is 670. The second kappa shape index (κ2) is 5.90. The molecular formula is C13H13N5O4. The third kappa shape index (κ3) is 2.79. The molecule has 0 spiro atoms. The van der Waals surface area contributed by atoms with Gasteiger partial charge in [0.15, 0.2) is 5.78 Å². The molecule has 22 heavy (non-hydrogen) atoms. The van der Waals surface area contributed by atoms with Crippen molar-refractivity contribution in [2.45, 2.75) is 18.9 Å². The molecule has 9 nitrogen and oxygen atoms in total. The predicted octanol–water partition coefficient (Wildman–Crippen LogP) is 1.61. The Balaban J connectivity index is 1.74. The zero-order chi connectivity index (χ0) is 15.5. The first-order valence-corrected chi connectivity index (χ1v) is 6.81. The molecule has 0 saturated carbocycles. The molecule has 0 radical (unpaired) electrons. The van der Waals surface area contributed by atoms with E-state index in [1.807, 2.05) is 0 Å². The molecule has 9 heteroatoms. The summed E-state index contributed by atoms with van der Waals surface area (Å²) in [5.74, 6) is 0.942. The summed E-state index contributed by atoms with van der Waals surface area (Å²) < 4.78 is 10.5. The molecule has 1 atom stereocenters. The lowest BCUT2D eigenvalue weighted by molar-refractivity contribution is -0.121. The number of cyclic esters (lactones) is 1. The summed E-state index contributed by atoms with van der Waals surface area (Å²) in [7, 11) is 0. The second-order valence-corrected chi connectivity index (χ2v) is 4.98. The van der Waals surface area contributed by atoms with E-state index < -0.39 is 6.09 Å². The number of pyridine rings is 1. The van der Waals surface area contributed by atoms with Crippen LogP contribution in [0.4, 0.5) is 10.6 Å². The number of hydrogen-bond acceptors (Lipinski definition) is 6. The number of nitrogens with zero attached hydrogens (tertiary/aromatic N) is 5. The van der Waals surface area contributed by atoms with E-state index in [-0.39, 0.29) is 31.5 Å². The molecule has 0 N–H and O–H groups in total. The van der Waals surface area contributed by atoms with Gasteiger partial charge in [0.2, 0.25) is 0 Å². The molecule has 1 aromatic rings. The number of anilines is 1. The van der Waals surface area contributed by atoms with Crippen molar-refractivity contribution in [3.63, 3.8) is 0 Å². The molecule has 0 bridgehead atoms. The standard InChI is InChI=1S/C13H13N5O4/c14-17-15-4-3-9-6-18(13(20)22-9)12-2-1-11-10(16-12)5-8(19)7-21-11/h1-2,9H,3-7H2. The summed E-state index contributed by atoms with van der Waals surface area (Å²) in [6, 6.07) is 3.36. The highest BCUT2D eigenvalue weighted by Gasteiger charge is 2.33. The van der Waals surface area contributed by atoms with Gasteiger partial charge in [0.1, 0.15) is 24.3 Å². The highest BCUT2D eigenvalue weighted by atomic mass is 16.6. The van der Waals surface area contributed by atoms with Crippen molar-refractivity contribution < 1.29 is 19.1 Å². The first kappa shape index (κ1) is 14.2. The molecule has 2 aliphatic heterocycles. The van der Waals surface area contributed by atoms with Crippen molar-refractivity contribution in [2.75, 3.05) is 24.6 Å². The maximum Gasteiger partial charge on any atom is 0.415 e. The molecule has 1 saturated heterocycles. The van der Waals surface area contributed by atoms with Crippen molar-refractivity contribution in [1.29, 1.82) is 0 Å². The fourth-order valence-corrected chi connectivity index (χ4v) is 2.39. The molecule has 1 fully saturated rings. The minimum atomic E-state index is -0.499. The third-order valence-corrected chi connectivity index (χ3v) is 3.44. The van der Waals surface area contributed by atoms with E-state index in [1.54, 1.807) is 12.1 Å². The minimum absolute atomic E-state index is 0.0478. The number of azide groups is 1. The van der Waals surface area contributed by atoms with E-state index in [1.165, 1.54) is 4.90 Å². The summed E-state index contributed by atoms with van der Waals surface area (Å²) in [5, 5.41) is 3.43. The number of aromatic nitrogens is 1. The van der Waals surface area contributed by atoms with E-state index in [0.29, 0.717) is 30.2 Å².